The van der Waals surface area contributed by atoms with Crippen LogP contribution < -0.4 is 4.72 Å². The average Bonchev–Trinajstić information content (AvgIpc) is 2.97. The number of rotatable bonds is 8. The zero-order valence-electron chi connectivity index (χ0n) is 23.2. The summed E-state index contributed by atoms with van der Waals surface area (Å²) >= 11 is 12.3. The summed E-state index contributed by atoms with van der Waals surface area (Å²) in [6, 6.07) is 23.2. The smallest absolute Gasteiger partial charge is 0.264 e. The molecule has 5 rings (SSSR count). The molecule has 0 saturated carbocycles. The van der Waals surface area contributed by atoms with Crippen LogP contribution in [-0.4, -0.2) is 26.9 Å². The zero-order valence-corrected chi connectivity index (χ0v) is 26.3. The minimum atomic E-state index is -4.20. The first-order valence-electron chi connectivity index (χ1n) is 13.3. The van der Waals surface area contributed by atoms with E-state index < -0.39 is 43.8 Å². The Hall–Kier alpha value is -3.47. The predicted octanol–water partition coefficient (Wildman–Crippen LogP) is 6.77. The maximum atomic E-state index is 14.1. The molecule has 3 atom stereocenters. The topological polar surface area (TPSA) is 101 Å². The van der Waals surface area contributed by atoms with Crippen LogP contribution in [0.25, 0.3) is 0 Å². The Bertz CT molecular complexity index is 1880. The van der Waals surface area contributed by atoms with Gasteiger partial charge in [-0.25, -0.2) is 21.6 Å². The van der Waals surface area contributed by atoms with Crippen molar-refractivity contribution in [3.8, 4) is 0 Å². The summed E-state index contributed by atoms with van der Waals surface area (Å²) in [5, 5.41) is 0.830. The molecule has 0 radical (unpaired) electrons. The highest BCUT2D eigenvalue weighted by Gasteiger charge is 2.46. The summed E-state index contributed by atoms with van der Waals surface area (Å²) < 4.78 is 59.6. The van der Waals surface area contributed by atoms with Crippen molar-refractivity contribution < 1.29 is 21.6 Å². The first-order valence-corrected chi connectivity index (χ1v) is 17.0. The summed E-state index contributed by atoms with van der Waals surface area (Å²) in [6.45, 7) is 3.69. The lowest BCUT2D eigenvalue weighted by Gasteiger charge is -2.41. The molecule has 0 spiro atoms. The van der Waals surface area contributed by atoms with Gasteiger partial charge in [-0.15, -0.1) is 0 Å². The van der Waals surface area contributed by atoms with Crippen molar-refractivity contribution in [1.29, 1.82) is 0 Å². The van der Waals surface area contributed by atoms with Crippen LogP contribution in [-0.2, 0) is 24.8 Å². The molecule has 4 aromatic rings. The second-order valence-corrected chi connectivity index (χ2v) is 14.8. The van der Waals surface area contributed by atoms with Crippen LogP contribution in [0.2, 0.25) is 10.0 Å². The van der Waals surface area contributed by atoms with E-state index in [0.29, 0.717) is 21.2 Å². The first kappa shape index (κ1) is 31.0. The quantitative estimate of drug-likeness (QED) is 0.226. The number of carbonyl (C=O) groups is 1. The summed E-state index contributed by atoms with van der Waals surface area (Å²) in [5.74, 6) is -1.67. The fraction of sp³-hybridized carbons (Fsp3) is 0.156. The molecule has 1 aliphatic rings. The summed E-state index contributed by atoms with van der Waals surface area (Å²) in [7, 11) is -8.38. The fourth-order valence-corrected chi connectivity index (χ4v) is 8.05. The molecular formula is C32H28Cl2N2O5S2. The Balaban J connectivity index is 1.70. The van der Waals surface area contributed by atoms with Crippen LogP contribution >= 0.6 is 23.2 Å². The van der Waals surface area contributed by atoms with Gasteiger partial charge < -0.3 is 0 Å². The summed E-state index contributed by atoms with van der Waals surface area (Å²) in [6.07, 6.45) is 2.41. The standard InChI is InChI=1S/C32H28Cl2N2O5S2/c1-21-3-15-27(16-4-21)42(38,39)35-31(23-7-11-25(33)12-8-23)30-29(37)19-20-36(32(30)24-9-13-26(34)14-10-24)43(40,41)28-17-5-22(2)6-18-28/h3-20,30-32,35H,1-2H3/t30-,31?,32-/m0/s1. The molecule has 0 saturated heterocycles. The van der Waals surface area contributed by atoms with Gasteiger partial charge in [-0.2, -0.15) is 0 Å². The number of sulfonamides is 2. The van der Waals surface area contributed by atoms with Gasteiger partial charge in [-0.1, -0.05) is 82.9 Å². The van der Waals surface area contributed by atoms with E-state index in [9.17, 15) is 21.6 Å². The van der Waals surface area contributed by atoms with E-state index in [1.807, 2.05) is 13.8 Å². The highest BCUT2D eigenvalue weighted by Crippen LogP contribution is 2.44. The molecular weight excluding hydrogens is 627 g/mol. The third kappa shape index (κ3) is 6.56. The third-order valence-corrected chi connectivity index (χ3v) is 11.1. The van der Waals surface area contributed by atoms with Gasteiger partial charge in [-0.05, 0) is 79.6 Å². The Morgan fingerprint density at radius 2 is 1.19 bits per heavy atom. The van der Waals surface area contributed by atoms with Gasteiger partial charge in [0.05, 0.1) is 27.8 Å². The number of nitrogens with one attached hydrogen (secondary N) is 1. The molecule has 4 aromatic carbocycles. The van der Waals surface area contributed by atoms with Crippen molar-refractivity contribution in [3.63, 3.8) is 0 Å². The van der Waals surface area contributed by atoms with Crippen LogP contribution in [0.3, 0.4) is 0 Å². The van der Waals surface area contributed by atoms with Gasteiger partial charge in [0.15, 0.2) is 5.78 Å². The highest BCUT2D eigenvalue weighted by atomic mass is 35.5. The van der Waals surface area contributed by atoms with Crippen LogP contribution in [0.1, 0.15) is 34.3 Å². The third-order valence-electron chi connectivity index (χ3n) is 7.34. The molecule has 0 aromatic heterocycles. The predicted molar refractivity (Wildman–Crippen MR) is 168 cm³/mol. The van der Waals surface area contributed by atoms with E-state index in [1.54, 1.807) is 72.8 Å². The maximum Gasteiger partial charge on any atom is 0.264 e. The van der Waals surface area contributed by atoms with Crippen molar-refractivity contribution in [2.75, 3.05) is 0 Å². The fourth-order valence-electron chi connectivity index (χ4n) is 5.06. The molecule has 0 fully saturated rings. The molecule has 1 heterocycles. The van der Waals surface area contributed by atoms with Crippen LogP contribution in [0.4, 0.5) is 0 Å². The lowest BCUT2D eigenvalue weighted by Crippen LogP contribution is -2.47. The van der Waals surface area contributed by atoms with Crippen molar-refractivity contribution in [2.24, 2.45) is 5.92 Å². The van der Waals surface area contributed by atoms with Crippen molar-refractivity contribution in [2.45, 2.75) is 35.7 Å². The lowest BCUT2D eigenvalue weighted by atomic mass is 9.80. The summed E-state index contributed by atoms with van der Waals surface area (Å²) in [4.78, 5) is 13.9. The highest BCUT2D eigenvalue weighted by molar-refractivity contribution is 7.89. The number of benzene rings is 4. The molecule has 1 unspecified atom stereocenters. The largest absolute Gasteiger partial charge is 0.294 e. The van der Waals surface area contributed by atoms with Crippen molar-refractivity contribution >= 4 is 49.0 Å². The molecule has 0 aliphatic carbocycles. The minimum absolute atomic E-state index is 0.00281. The van der Waals surface area contributed by atoms with E-state index in [4.69, 9.17) is 23.2 Å². The minimum Gasteiger partial charge on any atom is -0.294 e. The molecule has 7 nitrogen and oxygen atoms in total. The van der Waals surface area contributed by atoms with Crippen LogP contribution in [0.5, 0.6) is 0 Å². The number of halogens is 2. The lowest BCUT2D eigenvalue weighted by molar-refractivity contribution is -0.121. The van der Waals surface area contributed by atoms with Gasteiger partial charge in [-0.3, -0.25) is 9.10 Å². The molecule has 0 amide bonds. The van der Waals surface area contributed by atoms with Gasteiger partial charge in [0.25, 0.3) is 10.0 Å². The van der Waals surface area contributed by atoms with Crippen molar-refractivity contribution in [3.05, 3.63) is 142 Å². The molecule has 11 heteroatoms. The normalized spacial score (nSPS) is 18.0. The zero-order chi connectivity index (χ0) is 30.9. The van der Waals surface area contributed by atoms with Gasteiger partial charge in [0.2, 0.25) is 10.0 Å². The van der Waals surface area contributed by atoms with E-state index >= 15 is 0 Å². The number of hydrogen-bond acceptors (Lipinski definition) is 5. The number of hydrogen-bond donors (Lipinski definition) is 1. The number of nitrogens with zero attached hydrogens (tertiary/aromatic N) is 1. The van der Waals surface area contributed by atoms with E-state index in [2.05, 4.69) is 4.72 Å². The van der Waals surface area contributed by atoms with E-state index in [0.717, 1.165) is 15.4 Å². The SMILES string of the molecule is Cc1ccc(S(=O)(=O)NC(c2ccc(Cl)cc2)[C@@H]2C(=O)C=CN(S(=O)(=O)c3ccc(C)cc3)[C@H]2c2ccc(Cl)cc2)cc1. The Labute approximate surface area is 261 Å². The average molecular weight is 656 g/mol. The Morgan fingerprint density at radius 1 is 0.698 bits per heavy atom. The molecule has 0 bridgehead atoms. The number of aryl methyl sites for hydroxylation is 2. The molecule has 1 aliphatic heterocycles. The van der Waals surface area contributed by atoms with Gasteiger partial charge >= 0.3 is 0 Å². The van der Waals surface area contributed by atoms with Gasteiger partial charge in [0.1, 0.15) is 0 Å². The summed E-state index contributed by atoms with van der Waals surface area (Å²) in [5.41, 5.74) is 2.64. The maximum absolute atomic E-state index is 14.1. The molecule has 1 N–H and O–H groups in total. The number of carbonyl (C=O) groups excluding carboxylic acids is 1. The molecule has 222 valence electrons. The van der Waals surface area contributed by atoms with Crippen LogP contribution in [0.15, 0.2) is 119 Å². The monoisotopic (exact) mass is 654 g/mol. The van der Waals surface area contributed by atoms with E-state index in [1.165, 1.54) is 36.5 Å². The number of ketones is 1. The van der Waals surface area contributed by atoms with Crippen LogP contribution in [0, 0.1) is 19.8 Å². The molecule has 43 heavy (non-hydrogen) atoms. The Kier molecular flexibility index (Phi) is 8.83. The second kappa shape index (κ2) is 12.3. The van der Waals surface area contributed by atoms with E-state index in [-0.39, 0.29) is 9.79 Å². The Morgan fingerprint density at radius 3 is 1.72 bits per heavy atom. The number of allylic oxidation sites excluding steroid dienone is 1. The first-order chi connectivity index (χ1) is 20.4. The van der Waals surface area contributed by atoms with Crippen molar-refractivity contribution in [1.82, 2.24) is 9.03 Å². The van der Waals surface area contributed by atoms with Gasteiger partial charge in [0, 0.05) is 16.2 Å². The second-order valence-electron chi connectivity index (χ2n) is 10.4.